The highest BCUT2D eigenvalue weighted by Crippen LogP contribution is 2.14. The summed E-state index contributed by atoms with van der Waals surface area (Å²) in [4.78, 5) is 0. The van der Waals surface area contributed by atoms with Gasteiger partial charge in [0.25, 0.3) is 0 Å². The molecule has 3 nitrogen and oxygen atoms in total. The zero-order chi connectivity index (χ0) is 16.8. The SMILES string of the molecule is Cc1ccc(OC[C@H](C)NC(=S)Nc2cc(C)cc(C)c2)cc1. The number of nitrogens with one attached hydrogen (secondary N) is 2. The molecule has 0 radical (unpaired) electrons. The van der Waals surface area contributed by atoms with Gasteiger partial charge in [-0.3, -0.25) is 0 Å². The molecule has 2 rings (SSSR count). The van der Waals surface area contributed by atoms with Gasteiger partial charge in [-0.15, -0.1) is 0 Å². The van der Waals surface area contributed by atoms with Crippen molar-refractivity contribution in [2.45, 2.75) is 33.7 Å². The van der Waals surface area contributed by atoms with E-state index in [1.165, 1.54) is 16.7 Å². The van der Waals surface area contributed by atoms with Crippen molar-refractivity contribution in [3.8, 4) is 5.75 Å². The fourth-order valence-electron chi connectivity index (χ4n) is 2.34. The maximum Gasteiger partial charge on any atom is 0.171 e. The molecule has 0 aromatic heterocycles. The third kappa shape index (κ3) is 5.91. The average Bonchev–Trinajstić information content (AvgIpc) is 2.45. The van der Waals surface area contributed by atoms with E-state index in [1.807, 2.05) is 31.2 Å². The Kier molecular flexibility index (Phi) is 5.99. The molecule has 1 atom stereocenters. The summed E-state index contributed by atoms with van der Waals surface area (Å²) in [5.41, 5.74) is 4.66. The lowest BCUT2D eigenvalue weighted by Gasteiger charge is -2.18. The molecule has 0 heterocycles. The number of rotatable bonds is 5. The van der Waals surface area contributed by atoms with E-state index in [1.54, 1.807) is 0 Å². The highest BCUT2D eigenvalue weighted by molar-refractivity contribution is 7.80. The van der Waals surface area contributed by atoms with Crippen molar-refractivity contribution in [1.29, 1.82) is 0 Å². The summed E-state index contributed by atoms with van der Waals surface area (Å²) in [5.74, 6) is 0.873. The first-order valence-electron chi connectivity index (χ1n) is 7.77. The van der Waals surface area contributed by atoms with E-state index in [0.29, 0.717) is 11.7 Å². The smallest absolute Gasteiger partial charge is 0.171 e. The summed E-state index contributed by atoms with van der Waals surface area (Å²) in [6.45, 7) is 8.81. The Morgan fingerprint density at radius 2 is 1.61 bits per heavy atom. The standard InChI is InChI=1S/C19H24N2OS/c1-13-5-7-18(8-6-13)22-12-16(4)20-19(23)21-17-10-14(2)9-15(3)11-17/h5-11,16H,12H2,1-4H3,(H2,20,21,23)/t16-/m0/s1. The third-order valence-corrected chi connectivity index (χ3v) is 3.60. The van der Waals surface area contributed by atoms with Crippen LogP contribution in [-0.4, -0.2) is 17.8 Å². The van der Waals surface area contributed by atoms with Crippen LogP contribution >= 0.6 is 12.2 Å². The topological polar surface area (TPSA) is 33.3 Å². The van der Waals surface area contributed by atoms with Crippen molar-refractivity contribution < 1.29 is 4.74 Å². The second-order valence-electron chi connectivity index (χ2n) is 6.00. The van der Waals surface area contributed by atoms with Gasteiger partial charge < -0.3 is 15.4 Å². The summed E-state index contributed by atoms with van der Waals surface area (Å²) in [5, 5.41) is 7.08. The minimum absolute atomic E-state index is 0.113. The number of hydrogen-bond acceptors (Lipinski definition) is 2. The van der Waals surface area contributed by atoms with Gasteiger partial charge in [-0.2, -0.15) is 0 Å². The molecule has 0 amide bonds. The monoisotopic (exact) mass is 328 g/mol. The maximum atomic E-state index is 5.76. The molecule has 0 aliphatic rings. The zero-order valence-electron chi connectivity index (χ0n) is 14.1. The number of thiocarbonyl (C=S) groups is 1. The average molecular weight is 328 g/mol. The molecule has 0 fully saturated rings. The van der Waals surface area contributed by atoms with E-state index in [-0.39, 0.29) is 6.04 Å². The van der Waals surface area contributed by atoms with Crippen LogP contribution in [0.1, 0.15) is 23.6 Å². The predicted molar refractivity (Wildman–Crippen MR) is 101 cm³/mol. The van der Waals surface area contributed by atoms with Gasteiger partial charge in [-0.1, -0.05) is 23.8 Å². The van der Waals surface area contributed by atoms with Gasteiger partial charge in [0, 0.05) is 5.69 Å². The first-order chi connectivity index (χ1) is 10.9. The zero-order valence-corrected chi connectivity index (χ0v) is 15.0. The van der Waals surface area contributed by atoms with Crippen molar-refractivity contribution >= 4 is 23.0 Å². The first kappa shape index (κ1) is 17.3. The van der Waals surface area contributed by atoms with Crippen LogP contribution in [0.4, 0.5) is 5.69 Å². The summed E-state index contributed by atoms with van der Waals surface area (Å²) < 4.78 is 5.76. The van der Waals surface area contributed by atoms with Gasteiger partial charge in [-0.05, 0) is 75.3 Å². The van der Waals surface area contributed by atoms with Crippen molar-refractivity contribution in [2.75, 3.05) is 11.9 Å². The van der Waals surface area contributed by atoms with Crippen molar-refractivity contribution in [2.24, 2.45) is 0 Å². The minimum atomic E-state index is 0.113. The highest BCUT2D eigenvalue weighted by atomic mass is 32.1. The number of anilines is 1. The summed E-state index contributed by atoms with van der Waals surface area (Å²) in [6, 6.07) is 14.5. The quantitative estimate of drug-likeness (QED) is 0.799. The van der Waals surface area contributed by atoms with Crippen molar-refractivity contribution in [3.05, 3.63) is 59.2 Å². The molecule has 0 saturated heterocycles. The Labute approximate surface area is 144 Å². The lowest BCUT2D eigenvalue weighted by molar-refractivity contribution is 0.287. The Bertz CT molecular complexity index is 647. The van der Waals surface area contributed by atoms with Gasteiger partial charge >= 0.3 is 0 Å². The summed E-state index contributed by atoms with van der Waals surface area (Å²) >= 11 is 5.37. The Morgan fingerprint density at radius 1 is 1.00 bits per heavy atom. The molecule has 2 aromatic carbocycles. The molecule has 0 saturated carbocycles. The maximum absolute atomic E-state index is 5.76. The number of hydrogen-bond donors (Lipinski definition) is 2. The van der Waals surface area contributed by atoms with Crippen LogP contribution < -0.4 is 15.4 Å². The second-order valence-corrected chi connectivity index (χ2v) is 6.41. The largest absolute Gasteiger partial charge is 0.491 e. The molecule has 2 N–H and O–H groups in total. The fraction of sp³-hybridized carbons (Fsp3) is 0.316. The van der Waals surface area contributed by atoms with Gasteiger partial charge in [-0.25, -0.2) is 0 Å². The van der Waals surface area contributed by atoms with Gasteiger partial charge in [0.1, 0.15) is 12.4 Å². The molecule has 0 bridgehead atoms. The second kappa shape index (κ2) is 7.97. The van der Waals surface area contributed by atoms with Crippen LogP contribution in [0.5, 0.6) is 5.75 Å². The molecule has 0 aliphatic heterocycles. The third-order valence-electron chi connectivity index (χ3n) is 3.38. The van der Waals surface area contributed by atoms with Gasteiger partial charge in [0.15, 0.2) is 5.11 Å². The number of aryl methyl sites for hydroxylation is 3. The molecule has 0 spiro atoms. The Morgan fingerprint density at radius 3 is 2.22 bits per heavy atom. The van der Waals surface area contributed by atoms with E-state index >= 15 is 0 Å². The molecule has 4 heteroatoms. The van der Waals surface area contributed by atoms with Crippen LogP contribution in [0.15, 0.2) is 42.5 Å². The fourth-order valence-corrected chi connectivity index (χ4v) is 2.65. The molecule has 2 aromatic rings. The normalized spacial score (nSPS) is 11.7. The van der Waals surface area contributed by atoms with Gasteiger partial charge in [0.2, 0.25) is 0 Å². The van der Waals surface area contributed by atoms with Gasteiger partial charge in [0.05, 0.1) is 6.04 Å². The Balaban J connectivity index is 1.81. The lowest BCUT2D eigenvalue weighted by Crippen LogP contribution is -2.39. The molecular formula is C19H24N2OS. The number of ether oxygens (including phenoxy) is 1. The van der Waals surface area contributed by atoms with E-state index in [0.717, 1.165) is 11.4 Å². The van der Waals surface area contributed by atoms with Crippen LogP contribution in [-0.2, 0) is 0 Å². The Hall–Kier alpha value is -2.07. The van der Waals surface area contributed by atoms with Crippen LogP contribution in [0.25, 0.3) is 0 Å². The van der Waals surface area contributed by atoms with E-state index < -0.39 is 0 Å². The highest BCUT2D eigenvalue weighted by Gasteiger charge is 2.06. The van der Waals surface area contributed by atoms with Crippen molar-refractivity contribution in [3.63, 3.8) is 0 Å². The molecule has 0 aliphatic carbocycles. The minimum Gasteiger partial charge on any atom is -0.491 e. The van der Waals surface area contributed by atoms with E-state index in [4.69, 9.17) is 17.0 Å². The van der Waals surface area contributed by atoms with Crippen LogP contribution in [0, 0.1) is 20.8 Å². The molecule has 122 valence electrons. The lowest BCUT2D eigenvalue weighted by atomic mass is 10.1. The molecular weight excluding hydrogens is 304 g/mol. The van der Waals surface area contributed by atoms with E-state index in [2.05, 4.69) is 49.6 Å². The molecule has 23 heavy (non-hydrogen) atoms. The number of benzene rings is 2. The summed E-state index contributed by atoms with van der Waals surface area (Å²) in [7, 11) is 0. The molecule has 0 unspecified atom stereocenters. The first-order valence-corrected chi connectivity index (χ1v) is 8.18. The van der Waals surface area contributed by atoms with E-state index in [9.17, 15) is 0 Å². The summed E-state index contributed by atoms with van der Waals surface area (Å²) in [6.07, 6.45) is 0. The van der Waals surface area contributed by atoms with Crippen LogP contribution in [0.2, 0.25) is 0 Å². The predicted octanol–water partition coefficient (Wildman–Crippen LogP) is 4.37. The van der Waals surface area contributed by atoms with Crippen LogP contribution in [0.3, 0.4) is 0 Å². The van der Waals surface area contributed by atoms with Crippen molar-refractivity contribution in [1.82, 2.24) is 5.32 Å².